The largest absolute Gasteiger partial charge is 0.379 e. The molecular weight excluding hydrogens is 230 g/mol. The van der Waals surface area contributed by atoms with E-state index in [0.29, 0.717) is 19.3 Å². The van der Waals surface area contributed by atoms with Crippen molar-refractivity contribution in [1.29, 1.82) is 0 Å². The van der Waals surface area contributed by atoms with Gasteiger partial charge >= 0.3 is 0 Å². The Bertz CT molecular complexity index is 298. The van der Waals surface area contributed by atoms with E-state index < -0.39 is 0 Å². The van der Waals surface area contributed by atoms with Gasteiger partial charge in [0.25, 0.3) is 0 Å². The normalized spacial score (nSPS) is 33.9. The Labute approximate surface area is 109 Å². The molecule has 2 heterocycles. The Balaban J connectivity index is 1.96. The number of carbonyl (C=O) groups excluding carboxylic acids is 1. The summed E-state index contributed by atoms with van der Waals surface area (Å²) >= 11 is 0. The second-order valence-electron chi connectivity index (χ2n) is 5.37. The SMILES string of the molecule is CCC1CN(C(=O)C2COCC2NC)CCN1C. The van der Waals surface area contributed by atoms with Crippen molar-refractivity contribution in [2.24, 2.45) is 5.92 Å². The third kappa shape index (κ3) is 2.68. The molecule has 0 aromatic rings. The number of rotatable bonds is 3. The summed E-state index contributed by atoms with van der Waals surface area (Å²) in [5, 5.41) is 3.19. The Morgan fingerprint density at radius 2 is 2.17 bits per heavy atom. The molecule has 2 fully saturated rings. The minimum Gasteiger partial charge on any atom is -0.379 e. The number of ether oxygens (including phenoxy) is 1. The molecule has 2 aliphatic heterocycles. The maximum atomic E-state index is 12.5. The van der Waals surface area contributed by atoms with Gasteiger partial charge in [-0.05, 0) is 20.5 Å². The van der Waals surface area contributed by atoms with Crippen LogP contribution in [-0.2, 0) is 9.53 Å². The van der Waals surface area contributed by atoms with Gasteiger partial charge in [0.1, 0.15) is 0 Å². The molecule has 0 bridgehead atoms. The van der Waals surface area contributed by atoms with E-state index in [2.05, 4.69) is 24.2 Å². The Morgan fingerprint density at radius 1 is 1.39 bits per heavy atom. The molecule has 0 radical (unpaired) electrons. The van der Waals surface area contributed by atoms with Crippen LogP contribution in [0.15, 0.2) is 0 Å². The predicted octanol–water partition coefficient (Wildman–Crippen LogP) is -0.227. The molecule has 5 nitrogen and oxygen atoms in total. The quantitative estimate of drug-likeness (QED) is 0.757. The third-order valence-electron chi connectivity index (χ3n) is 4.33. The van der Waals surface area contributed by atoms with Gasteiger partial charge in [0.05, 0.1) is 19.1 Å². The topological polar surface area (TPSA) is 44.8 Å². The third-order valence-corrected chi connectivity index (χ3v) is 4.33. The van der Waals surface area contributed by atoms with Crippen molar-refractivity contribution in [3.8, 4) is 0 Å². The molecule has 104 valence electrons. The second-order valence-corrected chi connectivity index (χ2v) is 5.37. The van der Waals surface area contributed by atoms with Crippen LogP contribution in [0.1, 0.15) is 13.3 Å². The highest BCUT2D eigenvalue weighted by molar-refractivity contribution is 5.80. The Hall–Kier alpha value is -0.650. The smallest absolute Gasteiger partial charge is 0.229 e. The first-order chi connectivity index (χ1) is 8.67. The number of nitrogens with zero attached hydrogens (tertiary/aromatic N) is 2. The fourth-order valence-corrected chi connectivity index (χ4v) is 2.90. The zero-order chi connectivity index (χ0) is 13.1. The molecule has 0 aliphatic carbocycles. The van der Waals surface area contributed by atoms with E-state index in [4.69, 9.17) is 4.74 Å². The zero-order valence-electron chi connectivity index (χ0n) is 11.7. The summed E-state index contributed by atoms with van der Waals surface area (Å²) in [6.07, 6.45) is 1.09. The van der Waals surface area contributed by atoms with Crippen LogP contribution in [0.3, 0.4) is 0 Å². The maximum Gasteiger partial charge on any atom is 0.229 e. The molecule has 1 N–H and O–H groups in total. The molecule has 2 rings (SSSR count). The minimum atomic E-state index is -0.00378. The molecule has 3 atom stereocenters. The molecule has 3 unspecified atom stereocenters. The average Bonchev–Trinajstić information content (AvgIpc) is 2.86. The first-order valence-corrected chi connectivity index (χ1v) is 6.91. The summed E-state index contributed by atoms with van der Waals surface area (Å²) in [5.74, 6) is 0.259. The van der Waals surface area contributed by atoms with E-state index in [1.165, 1.54) is 0 Å². The van der Waals surface area contributed by atoms with Crippen molar-refractivity contribution in [3.05, 3.63) is 0 Å². The van der Waals surface area contributed by atoms with Gasteiger partial charge in [-0.1, -0.05) is 6.92 Å². The van der Waals surface area contributed by atoms with E-state index in [9.17, 15) is 4.79 Å². The summed E-state index contributed by atoms with van der Waals surface area (Å²) in [6.45, 7) is 6.08. The van der Waals surface area contributed by atoms with Crippen molar-refractivity contribution < 1.29 is 9.53 Å². The molecule has 2 saturated heterocycles. The van der Waals surface area contributed by atoms with Gasteiger partial charge in [-0.25, -0.2) is 0 Å². The summed E-state index contributed by atoms with van der Waals surface area (Å²) < 4.78 is 5.43. The highest BCUT2D eigenvalue weighted by Gasteiger charge is 2.37. The van der Waals surface area contributed by atoms with E-state index in [1.807, 2.05) is 11.9 Å². The molecule has 0 aromatic carbocycles. The molecule has 0 spiro atoms. The van der Waals surface area contributed by atoms with Crippen LogP contribution in [0.4, 0.5) is 0 Å². The fraction of sp³-hybridized carbons (Fsp3) is 0.923. The summed E-state index contributed by atoms with van der Waals surface area (Å²) in [7, 11) is 4.05. The van der Waals surface area contributed by atoms with Crippen LogP contribution in [0, 0.1) is 5.92 Å². The van der Waals surface area contributed by atoms with E-state index in [-0.39, 0.29) is 17.9 Å². The molecular formula is C13H25N3O2. The molecule has 0 saturated carbocycles. The van der Waals surface area contributed by atoms with Crippen LogP contribution in [0.25, 0.3) is 0 Å². The lowest BCUT2D eigenvalue weighted by molar-refractivity contribution is -0.138. The maximum absolute atomic E-state index is 12.5. The van der Waals surface area contributed by atoms with Crippen molar-refractivity contribution in [1.82, 2.24) is 15.1 Å². The van der Waals surface area contributed by atoms with Gasteiger partial charge in [0.2, 0.25) is 5.91 Å². The number of likely N-dealkylation sites (N-methyl/N-ethyl adjacent to an activating group) is 2. The van der Waals surface area contributed by atoms with Gasteiger partial charge in [-0.2, -0.15) is 0 Å². The monoisotopic (exact) mass is 255 g/mol. The number of hydrogen-bond donors (Lipinski definition) is 1. The number of piperazine rings is 1. The Kier molecular flexibility index (Phi) is 4.59. The van der Waals surface area contributed by atoms with Crippen LogP contribution in [0.5, 0.6) is 0 Å². The number of hydrogen-bond acceptors (Lipinski definition) is 4. The van der Waals surface area contributed by atoms with Crippen molar-refractivity contribution in [2.45, 2.75) is 25.4 Å². The molecule has 0 aromatic heterocycles. The first-order valence-electron chi connectivity index (χ1n) is 6.91. The summed E-state index contributed by atoms with van der Waals surface area (Å²) in [5.41, 5.74) is 0. The number of amides is 1. The predicted molar refractivity (Wildman–Crippen MR) is 70.4 cm³/mol. The van der Waals surface area contributed by atoms with Crippen molar-refractivity contribution in [3.63, 3.8) is 0 Å². The fourth-order valence-electron chi connectivity index (χ4n) is 2.90. The van der Waals surface area contributed by atoms with Crippen molar-refractivity contribution >= 4 is 5.91 Å². The number of carbonyl (C=O) groups is 1. The lowest BCUT2D eigenvalue weighted by atomic mass is 10.0. The first kappa shape index (κ1) is 13.8. The van der Waals surface area contributed by atoms with Gasteiger partial charge < -0.3 is 15.0 Å². The molecule has 18 heavy (non-hydrogen) atoms. The van der Waals surface area contributed by atoms with E-state index in [0.717, 1.165) is 26.1 Å². The lowest BCUT2D eigenvalue weighted by Crippen LogP contribution is -2.55. The van der Waals surface area contributed by atoms with Crippen LogP contribution in [-0.4, -0.2) is 74.7 Å². The highest BCUT2D eigenvalue weighted by atomic mass is 16.5. The van der Waals surface area contributed by atoms with Crippen LogP contribution >= 0.6 is 0 Å². The summed E-state index contributed by atoms with van der Waals surface area (Å²) in [4.78, 5) is 16.9. The van der Waals surface area contributed by atoms with Gasteiger partial charge in [-0.15, -0.1) is 0 Å². The zero-order valence-corrected chi connectivity index (χ0v) is 11.7. The van der Waals surface area contributed by atoms with E-state index in [1.54, 1.807) is 0 Å². The standard InChI is InChI=1S/C13H25N3O2/c1-4-10-7-16(6-5-15(10)3)13(17)11-8-18-9-12(11)14-2/h10-12,14H,4-9H2,1-3H3. The number of nitrogens with one attached hydrogen (secondary N) is 1. The molecule has 5 heteroatoms. The van der Waals surface area contributed by atoms with Crippen LogP contribution < -0.4 is 5.32 Å². The van der Waals surface area contributed by atoms with E-state index >= 15 is 0 Å². The van der Waals surface area contributed by atoms with Crippen LogP contribution in [0.2, 0.25) is 0 Å². The lowest BCUT2D eigenvalue weighted by Gasteiger charge is -2.40. The van der Waals surface area contributed by atoms with Crippen molar-refractivity contribution in [2.75, 3.05) is 46.9 Å². The second kappa shape index (κ2) is 5.99. The highest BCUT2D eigenvalue weighted by Crippen LogP contribution is 2.19. The Morgan fingerprint density at radius 3 is 2.83 bits per heavy atom. The van der Waals surface area contributed by atoms with Gasteiger partial charge in [0.15, 0.2) is 0 Å². The molecule has 1 amide bonds. The van der Waals surface area contributed by atoms with Gasteiger partial charge in [-0.3, -0.25) is 9.69 Å². The minimum absolute atomic E-state index is 0.00378. The summed E-state index contributed by atoms with van der Waals surface area (Å²) in [6, 6.07) is 0.676. The molecule has 2 aliphatic rings. The van der Waals surface area contributed by atoms with Gasteiger partial charge in [0, 0.05) is 31.7 Å². The average molecular weight is 255 g/mol.